The fraction of sp³-hybridized carbons (Fsp3) is 0.346. The molecular formula is C26H23NO3. The highest BCUT2D eigenvalue weighted by molar-refractivity contribution is 5.90. The zero-order chi connectivity index (χ0) is 20.3. The molecule has 2 aromatic rings. The van der Waals surface area contributed by atoms with Crippen molar-refractivity contribution in [1.82, 2.24) is 4.90 Å². The smallest absolute Gasteiger partial charge is 0.332 e. The minimum absolute atomic E-state index is 0.217. The van der Waals surface area contributed by atoms with Gasteiger partial charge >= 0.3 is 5.97 Å². The third kappa shape index (κ3) is 2.55. The van der Waals surface area contributed by atoms with Gasteiger partial charge in [0.2, 0.25) is 0 Å². The van der Waals surface area contributed by atoms with Gasteiger partial charge in [-0.15, -0.1) is 0 Å². The number of nitrogens with zero attached hydrogens (tertiary/aromatic N) is 1. The summed E-state index contributed by atoms with van der Waals surface area (Å²) in [6.45, 7) is 1.08. The van der Waals surface area contributed by atoms with Gasteiger partial charge in [0.05, 0.1) is 13.2 Å². The van der Waals surface area contributed by atoms with Crippen LogP contribution in [0.4, 0.5) is 0 Å². The fourth-order valence-electron chi connectivity index (χ4n) is 5.74. The number of methoxy groups -OCH3 is 1. The molecule has 4 heteroatoms. The summed E-state index contributed by atoms with van der Waals surface area (Å²) in [4.78, 5) is 14.8. The third-order valence-corrected chi connectivity index (χ3v) is 7.06. The molecule has 0 amide bonds. The van der Waals surface area contributed by atoms with Gasteiger partial charge in [-0.1, -0.05) is 36.5 Å². The Hall–Kier alpha value is -3.03. The van der Waals surface area contributed by atoms with Crippen molar-refractivity contribution < 1.29 is 14.3 Å². The average Bonchev–Trinajstić information content (AvgIpc) is 3.26. The highest BCUT2D eigenvalue weighted by Gasteiger charge is 2.61. The van der Waals surface area contributed by atoms with Crippen LogP contribution in [-0.2, 0) is 9.53 Å². The van der Waals surface area contributed by atoms with E-state index in [1.54, 1.807) is 13.2 Å². The molecule has 2 aromatic carbocycles. The first-order chi connectivity index (χ1) is 14.7. The maximum absolute atomic E-state index is 12.3. The largest absolute Gasteiger partial charge is 0.497 e. The number of hydrogen-bond donors (Lipinski definition) is 0. The number of carbonyl (C=O) groups excluding carboxylic acids is 1. The Bertz CT molecular complexity index is 1200. The van der Waals surface area contributed by atoms with Crippen LogP contribution in [0.25, 0.3) is 10.8 Å². The average molecular weight is 397 g/mol. The number of rotatable bonds is 1. The van der Waals surface area contributed by atoms with Crippen molar-refractivity contribution in [3.63, 3.8) is 0 Å². The van der Waals surface area contributed by atoms with E-state index in [0.717, 1.165) is 52.6 Å². The number of ether oxygens (including phenoxy) is 2. The van der Waals surface area contributed by atoms with Gasteiger partial charge in [0.1, 0.15) is 5.75 Å². The Morgan fingerprint density at radius 1 is 1.13 bits per heavy atom. The van der Waals surface area contributed by atoms with Gasteiger partial charge in [-0.25, -0.2) is 4.79 Å². The summed E-state index contributed by atoms with van der Waals surface area (Å²) in [7, 11) is 1.68. The molecule has 3 atom stereocenters. The van der Waals surface area contributed by atoms with Gasteiger partial charge in [-0.2, -0.15) is 0 Å². The first-order valence-corrected chi connectivity index (χ1v) is 10.7. The molecule has 4 aliphatic rings. The number of piperidine rings is 1. The van der Waals surface area contributed by atoms with Crippen LogP contribution in [0.5, 0.6) is 5.75 Å². The lowest BCUT2D eigenvalue weighted by Gasteiger charge is -2.38. The van der Waals surface area contributed by atoms with Gasteiger partial charge < -0.3 is 9.47 Å². The molecule has 0 aromatic heterocycles. The van der Waals surface area contributed by atoms with Crippen LogP contribution >= 0.6 is 0 Å². The van der Waals surface area contributed by atoms with E-state index in [2.05, 4.69) is 41.0 Å². The molecule has 0 N–H and O–H groups in total. The van der Waals surface area contributed by atoms with Crippen LogP contribution < -0.4 is 4.74 Å². The second-order valence-corrected chi connectivity index (χ2v) is 8.65. The Labute approximate surface area is 176 Å². The highest BCUT2D eigenvalue weighted by Crippen LogP contribution is 2.53. The second-order valence-electron chi connectivity index (χ2n) is 8.65. The zero-order valence-corrected chi connectivity index (χ0v) is 17.0. The lowest BCUT2D eigenvalue weighted by atomic mass is 9.77. The van der Waals surface area contributed by atoms with Crippen molar-refractivity contribution in [2.75, 3.05) is 13.7 Å². The second kappa shape index (κ2) is 6.48. The van der Waals surface area contributed by atoms with Crippen LogP contribution in [-0.4, -0.2) is 42.2 Å². The molecule has 0 radical (unpaired) electrons. The summed E-state index contributed by atoms with van der Waals surface area (Å²) in [5, 5.41) is 2.26. The van der Waals surface area contributed by atoms with Gasteiger partial charge in [-0.3, -0.25) is 4.90 Å². The minimum atomic E-state index is -0.485. The molecule has 150 valence electrons. The van der Waals surface area contributed by atoms with E-state index in [1.165, 1.54) is 12.8 Å². The Kier molecular flexibility index (Phi) is 3.85. The third-order valence-electron chi connectivity index (χ3n) is 7.06. The molecule has 2 bridgehead atoms. The molecule has 3 heterocycles. The first kappa shape index (κ1) is 17.8. The SMILES string of the molecule is COc1ccc2cc(C#CC3=C[C@@H]4C[C@@]5(OC(=O)C=C35)C3CCCCN34)ccc2c1. The van der Waals surface area contributed by atoms with E-state index in [4.69, 9.17) is 9.47 Å². The van der Waals surface area contributed by atoms with Crippen LogP contribution in [0.1, 0.15) is 31.2 Å². The number of carbonyl (C=O) groups is 1. The van der Waals surface area contributed by atoms with E-state index in [0.29, 0.717) is 12.1 Å². The number of fused-ring (bicyclic) bond motifs is 4. The van der Waals surface area contributed by atoms with Gasteiger partial charge in [0.25, 0.3) is 0 Å². The predicted octanol–water partition coefficient (Wildman–Crippen LogP) is 3.99. The van der Waals surface area contributed by atoms with E-state index >= 15 is 0 Å². The van der Waals surface area contributed by atoms with Crippen LogP contribution in [0.2, 0.25) is 0 Å². The molecule has 1 aliphatic carbocycles. The number of hydrogen-bond acceptors (Lipinski definition) is 4. The minimum Gasteiger partial charge on any atom is -0.497 e. The summed E-state index contributed by atoms with van der Waals surface area (Å²) in [6.07, 6.45) is 8.32. The lowest BCUT2D eigenvalue weighted by Crippen LogP contribution is -2.48. The van der Waals surface area contributed by atoms with Crippen LogP contribution in [0.15, 0.2) is 59.7 Å². The Morgan fingerprint density at radius 3 is 2.90 bits per heavy atom. The van der Waals surface area contributed by atoms with Crippen molar-refractivity contribution in [3.05, 3.63) is 65.3 Å². The van der Waals surface area contributed by atoms with Gasteiger partial charge in [-0.05, 0) is 54.4 Å². The predicted molar refractivity (Wildman–Crippen MR) is 115 cm³/mol. The molecule has 1 spiro atoms. The maximum Gasteiger partial charge on any atom is 0.332 e. The topological polar surface area (TPSA) is 38.8 Å². The van der Waals surface area contributed by atoms with Crippen LogP contribution in [0.3, 0.4) is 0 Å². The van der Waals surface area contributed by atoms with E-state index in [1.807, 2.05) is 18.2 Å². The van der Waals surface area contributed by atoms with Gasteiger partial charge in [0.15, 0.2) is 5.60 Å². The van der Waals surface area contributed by atoms with Crippen molar-refractivity contribution in [1.29, 1.82) is 0 Å². The maximum atomic E-state index is 12.3. The zero-order valence-electron chi connectivity index (χ0n) is 17.0. The van der Waals surface area contributed by atoms with Crippen molar-refractivity contribution >= 4 is 16.7 Å². The molecular weight excluding hydrogens is 374 g/mol. The highest BCUT2D eigenvalue weighted by atomic mass is 16.6. The molecule has 2 saturated heterocycles. The molecule has 0 saturated carbocycles. The molecule has 1 unspecified atom stereocenters. The quantitative estimate of drug-likeness (QED) is 0.539. The number of esters is 1. The summed E-state index contributed by atoms with van der Waals surface area (Å²) in [5.74, 6) is 7.35. The number of benzene rings is 2. The fourth-order valence-corrected chi connectivity index (χ4v) is 5.74. The summed E-state index contributed by atoms with van der Waals surface area (Å²) in [6, 6.07) is 12.9. The van der Waals surface area contributed by atoms with Gasteiger partial charge in [0, 0.05) is 35.2 Å². The van der Waals surface area contributed by atoms with E-state index < -0.39 is 5.60 Å². The summed E-state index contributed by atoms with van der Waals surface area (Å²) in [5.41, 5.74) is 2.43. The summed E-state index contributed by atoms with van der Waals surface area (Å²) < 4.78 is 11.3. The van der Waals surface area contributed by atoms with Crippen molar-refractivity contribution in [3.8, 4) is 17.6 Å². The lowest BCUT2D eigenvalue weighted by molar-refractivity contribution is -0.148. The molecule has 3 aliphatic heterocycles. The molecule has 2 fully saturated rings. The molecule has 6 rings (SSSR count). The van der Waals surface area contributed by atoms with Crippen molar-refractivity contribution in [2.45, 2.75) is 43.4 Å². The van der Waals surface area contributed by atoms with E-state index in [-0.39, 0.29) is 5.97 Å². The standard InChI is InChI=1S/C26H23NO3/c1-29-22-10-9-18-12-17(5-7-19(18)14-22)6-8-20-13-21-16-26(23(20)15-25(28)30-26)24-4-2-3-11-27(21)24/h5,7,9-10,12-15,21,24H,2-4,11,16H2,1H3/t21-,24?,26+/m1/s1. The summed E-state index contributed by atoms with van der Waals surface area (Å²) >= 11 is 0. The molecule has 30 heavy (non-hydrogen) atoms. The van der Waals surface area contributed by atoms with Crippen LogP contribution in [0, 0.1) is 11.8 Å². The molecule has 4 nitrogen and oxygen atoms in total. The normalized spacial score (nSPS) is 29.3. The van der Waals surface area contributed by atoms with E-state index in [9.17, 15) is 4.79 Å². The van der Waals surface area contributed by atoms with Crippen molar-refractivity contribution in [2.24, 2.45) is 0 Å². The first-order valence-electron chi connectivity index (χ1n) is 10.7. The Morgan fingerprint density at radius 2 is 2.00 bits per heavy atom. The monoisotopic (exact) mass is 397 g/mol. The Balaban J connectivity index is 1.38.